The lowest BCUT2D eigenvalue weighted by Crippen LogP contribution is -2.36. The van der Waals surface area contributed by atoms with Gasteiger partial charge in [-0.25, -0.2) is 0 Å². The number of fused-ring (bicyclic) bond motifs is 1. The molecule has 1 unspecified atom stereocenters. The minimum atomic E-state index is -0.439. The van der Waals surface area contributed by atoms with Gasteiger partial charge in [0, 0.05) is 43.2 Å². The number of nitrogens with two attached hydrogens (primary N) is 1. The SMILES string of the molecule is CCOc1cc2c(cc1CNC(=NC)NCc1cccc(C(N)=O)c1)OC(C)C2.I. The summed E-state index contributed by atoms with van der Waals surface area (Å²) in [5, 5.41) is 6.55. The van der Waals surface area contributed by atoms with Gasteiger partial charge >= 0.3 is 0 Å². The Bertz CT molecular complexity index is 917. The molecular weight excluding hydrogens is 495 g/mol. The fourth-order valence-electron chi connectivity index (χ4n) is 3.33. The number of benzene rings is 2. The third kappa shape index (κ3) is 6.01. The van der Waals surface area contributed by atoms with Crippen molar-refractivity contribution >= 4 is 35.8 Å². The normalized spacial score (nSPS) is 14.9. The number of carbonyl (C=O) groups is 1. The molecule has 0 radical (unpaired) electrons. The highest BCUT2D eigenvalue weighted by Crippen LogP contribution is 2.35. The van der Waals surface area contributed by atoms with Crippen molar-refractivity contribution < 1.29 is 14.3 Å². The number of rotatable bonds is 7. The lowest BCUT2D eigenvalue weighted by atomic mass is 10.1. The number of carbonyl (C=O) groups excluding carboxylic acids is 1. The molecule has 1 amide bonds. The van der Waals surface area contributed by atoms with Crippen molar-refractivity contribution in [3.63, 3.8) is 0 Å². The maximum Gasteiger partial charge on any atom is 0.248 e. The Morgan fingerprint density at radius 3 is 2.73 bits per heavy atom. The number of halogens is 1. The Hall–Kier alpha value is -2.49. The highest BCUT2D eigenvalue weighted by molar-refractivity contribution is 14.0. The van der Waals surface area contributed by atoms with E-state index in [-0.39, 0.29) is 30.1 Å². The van der Waals surface area contributed by atoms with E-state index in [4.69, 9.17) is 15.2 Å². The van der Waals surface area contributed by atoms with Gasteiger partial charge < -0.3 is 25.8 Å². The first-order valence-electron chi connectivity index (χ1n) is 9.78. The lowest BCUT2D eigenvalue weighted by Gasteiger charge is -2.16. The van der Waals surface area contributed by atoms with Crippen LogP contribution in [0.1, 0.15) is 40.9 Å². The number of aliphatic imine (C=N–C) groups is 1. The second-order valence-electron chi connectivity index (χ2n) is 6.98. The van der Waals surface area contributed by atoms with Crippen molar-refractivity contribution in [1.82, 2.24) is 10.6 Å². The molecular formula is C22H29IN4O3. The largest absolute Gasteiger partial charge is 0.494 e. The van der Waals surface area contributed by atoms with E-state index in [0.29, 0.717) is 31.2 Å². The fraction of sp³-hybridized carbons (Fsp3) is 0.364. The van der Waals surface area contributed by atoms with Crippen LogP contribution >= 0.6 is 24.0 Å². The summed E-state index contributed by atoms with van der Waals surface area (Å²) in [5.41, 5.74) is 8.97. The van der Waals surface area contributed by atoms with E-state index in [2.05, 4.69) is 28.6 Å². The first-order valence-corrected chi connectivity index (χ1v) is 9.78. The maximum atomic E-state index is 11.3. The molecule has 0 saturated carbocycles. The van der Waals surface area contributed by atoms with Crippen molar-refractivity contribution in [1.29, 1.82) is 0 Å². The molecule has 2 aromatic rings. The Morgan fingerprint density at radius 2 is 2.03 bits per heavy atom. The van der Waals surface area contributed by atoms with E-state index in [1.165, 1.54) is 5.56 Å². The Kier molecular flexibility index (Phi) is 8.76. The van der Waals surface area contributed by atoms with E-state index < -0.39 is 5.91 Å². The first-order chi connectivity index (χ1) is 14.0. The van der Waals surface area contributed by atoms with Gasteiger partial charge in [0.05, 0.1) is 6.61 Å². The van der Waals surface area contributed by atoms with Crippen molar-refractivity contribution in [2.75, 3.05) is 13.7 Å². The number of hydrogen-bond acceptors (Lipinski definition) is 4. The van der Waals surface area contributed by atoms with Gasteiger partial charge in [0.2, 0.25) is 5.91 Å². The standard InChI is InChI=1S/C22H28N4O3.HI/c1-4-28-19-10-17-8-14(2)29-20(17)11-18(19)13-26-22(24-3)25-12-15-6-5-7-16(9-15)21(23)27;/h5-7,9-11,14H,4,8,12-13H2,1-3H3,(H2,23,27)(H2,24,25,26);1H. The van der Waals surface area contributed by atoms with Crippen LogP contribution in [0.3, 0.4) is 0 Å². The van der Waals surface area contributed by atoms with Crippen LogP contribution in [0.2, 0.25) is 0 Å². The topological polar surface area (TPSA) is 98.0 Å². The van der Waals surface area contributed by atoms with E-state index in [1.54, 1.807) is 19.2 Å². The molecule has 2 aromatic carbocycles. The maximum absolute atomic E-state index is 11.3. The summed E-state index contributed by atoms with van der Waals surface area (Å²) >= 11 is 0. The molecule has 0 saturated heterocycles. The molecule has 7 nitrogen and oxygen atoms in total. The number of guanidine groups is 1. The molecule has 162 valence electrons. The Morgan fingerprint density at radius 1 is 1.27 bits per heavy atom. The minimum Gasteiger partial charge on any atom is -0.494 e. The number of hydrogen-bond donors (Lipinski definition) is 3. The van der Waals surface area contributed by atoms with Crippen molar-refractivity contribution in [2.45, 2.75) is 39.5 Å². The second-order valence-corrected chi connectivity index (χ2v) is 6.98. The molecule has 8 heteroatoms. The molecule has 1 heterocycles. The van der Waals surface area contributed by atoms with Crippen LogP contribution < -0.4 is 25.8 Å². The van der Waals surface area contributed by atoms with Crippen LogP contribution in [0.5, 0.6) is 11.5 Å². The molecule has 1 aliphatic rings. The predicted molar refractivity (Wildman–Crippen MR) is 129 cm³/mol. The molecule has 30 heavy (non-hydrogen) atoms. The molecule has 0 aliphatic carbocycles. The molecule has 4 N–H and O–H groups in total. The second kappa shape index (κ2) is 11.1. The summed E-state index contributed by atoms with van der Waals surface area (Å²) in [6.45, 7) is 5.71. The smallest absolute Gasteiger partial charge is 0.248 e. The number of nitrogens with one attached hydrogen (secondary N) is 2. The fourth-order valence-corrected chi connectivity index (χ4v) is 3.33. The van der Waals surface area contributed by atoms with E-state index in [9.17, 15) is 4.79 Å². The average Bonchev–Trinajstić information content (AvgIpc) is 3.07. The van der Waals surface area contributed by atoms with Gasteiger partial charge in [-0.1, -0.05) is 12.1 Å². The van der Waals surface area contributed by atoms with Gasteiger partial charge in [-0.2, -0.15) is 0 Å². The average molecular weight is 524 g/mol. The molecule has 1 aliphatic heterocycles. The summed E-state index contributed by atoms with van der Waals surface area (Å²) in [4.78, 5) is 15.6. The zero-order valence-electron chi connectivity index (χ0n) is 17.5. The number of nitrogens with zero attached hydrogens (tertiary/aromatic N) is 1. The molecule has 0 spiro atoms. The van der Waals surface area contributed by atoms with Gasteiger partial charge in [0.15, 0.2) is 5.96 Å². The highest BCUT2D eigenvalue weighted by Gasteiger charge is 2.21. The Labute approximate surface area is 194 Å². The van der Waals surface area contributed by atoms with Crippen LogP contribution in [0.15, 0.2) is 41.4 Å². The predicted octanol–water partition coefficient (Wildman–Crippen LogP) is 2.99. The molecule has 1 atom stereocenters. The third-order valence-electron chi connectivity index (χ3n) is 4.72. The summed E-state index contributed by atoms with van der Waals surface area (Å²) in [5.74, 6) is 1.99. The summed E-state index contributed by atoms with van der Waals surface area (Å²) < 4.78 is 11.7. The Balaban J connectivity index is 0.00000320. The highest BCUT2D eigenvalue weighted by atomic mass is 127. The molecule has 0 fully saturated rings. The van der Waals surface area contributed by atoms with E-state index in [0.717, 1.165) is 29.0 Å². The summed E-state index contributed by atoms with van der Waals surface area (Å²) in [6, 6.07) is 11.3. The van der Waals surface area contributed by atoms with E-state index >= 15 is 0 Å². The molecule has 0 bridgehead atoms. The minimum absolute atomic E-state index is 0. The van der Waals surface area contributed by atoms with Crippen LogP contribution in [0.4, 0.5) is 0 Å². The van der Waals surface area contributed by atoms with E-state index in [1.807, 2.05) is 25.1 Å². The van der Waals surface area contributed by atoms with Crippen LogP contribution in [0.25, 0.3) is 0 Å². The first kappa shape index (κ1) is 23.8. The van der Waals surface area contributed by atoms with Gasteiger partial charge in [-0.3, -0.25) is 9.79 Å². The van der Waals surface area contributed by atoms with Crippen molar-refractivity contribution in [3.05, 3.63) is 58.7 Å². The molecule has 3 rings (SSSR count). The van der Waals surface area contributed by atoms with Crippen molar-refractivity contribution in [3.8, 4) is 11.5 Å². The lowest BCUT2D eigenvalue weighted by molar-refractivity contribution is 0.1000. The molecule has 0 aromatic heterocycles. The third-order valence-corrected chi connectivity index (χ3v) is 4.72. The van der Waals surface area contributed by atoms with Crippen LogP contribution in [-0.4, -0.2) is 31.6 Å². The number of primary amides is 1. The zero-order valence-corrected chi connectivity index (χ0v) is 19.9. The summed E-state index contributed by atoms with van der Waals surface area (Å²) in [6.07, 6.45) is 1.09. The van der Waals surface area contributed by atoms with Gasteiger partial charge in [0.25, 0.3) is 0 Å². The summed E-state index contributed by atoms with van der Waals surface area (Å²) in [7, 11) is 1.71. The zero-order chi connectivity index (χ0) is 20.8. The quantitative estimate of drug-likeness (QED) is 0.294. The monoisotopic (exact) mass is 524 g/mol. The van der Waals surface area contributed by atoms with Crippen LogP contribution in [-0.2, 0) is 19.5 Å². The van der Waals surface area contributed by atoms with Crippen LogP contribution in [0, 0.1) is 0 Å². The van der Waals surface area contributed by atoms with Gasteiger partial charge in [-0.05, 0) is 43.7 Å². The van der Waals surface area contributed by atoms with Gasteiger partial charge in [-0.15, -0.1) is 24.0 Å². The van der Waals surface area contributed by atoms with Crippen molar-refractivity contribution in [2.24, 2.45) is 10.7 Å². The van der Waals surface area contributed by atoms with Gasteiger partial charge in [0.1, 0.15) is 17.6 Å². The number of ether oxygens (including phenoxy) is 2. The number of amides is 1.